The highest BCUT2D eigenvalue weighted by atomic mass is 16.5. The van der Waals surface area contributed by atoms with Gasteiger partial charge in [-0.1, -0.05) is 0 Å². The molecule has 0 fully saturated rings. The van der Waals surface area contributed by atoms with Crippen LogP contribution in [0.3, 0.4) is 0 Å². The zero-order valence-electron chi connectivity index (χ0n) is 16.6. The Bertz CT molecular complexity index is 749. The Morgan fingerprint density at radius 1 is 0.839 bits per heavy atom. The molecule has 31 heavy (non-hydrogen) atoms. The van der Waals surface area contributed by atoms with Gasteiger partial charge in [0.25, 0.3) is 0 Å². The molecular weight excluding hydrogens is 418 g/mol. The predicted octanol–water partition coefficient (Wildman–Crippen LogP) is 0.402. The minimum atomic E-state index is -2.85. The van der Waals surface area contributed by atoms with Gasteiger partial charge in [-0.2, -0.15) is 0 Å². The van der Waals surface area contributed by atoms with E-state index in [1.807, 2.05) is 0 Å². The third kappa shape index (κ3) is 7.75. The fraction of sp³-hybridized carbons (Fsp3) is 0.474. The van der Waals surface area contributed by atoms with Gasteiger partial charge in [0.1, 0.15) is 12.4 Å². The van der Waals surface area contributed by atoms with E-state index in [2.05, 4.69) is 0 Å². The Hall–Kier alpha value is -3.38. The Morgan fingerprint density at radius 2 is 1.35 bits per heavy atom. The summed E-state index contributed by atoms with van der Waals surface area (Å²) in [6.07, 6.45) is -1.90. The van der Waals surface area contributed by atoms with Gasteiger partial charge in [-0.05, 0) is 30.7 Å². The number of aliphatic carboxylic acids is 4. The van der Waals surface area contributed by atoms with Crippen molar-refractivity contribution < 1.29 is 53.8 Å². The number of carboxylic acids is 4. The molecule has 0 spiro atoms. The van der Waals surface area contributed by atoms with E-state index in [-0.39, 0.29) is 26.4 Å². The van der Waals surface area contributed by atoms with Crippen LogP contribution in [0.15, 0.2) is 24.3 Å². The lowest BCUT2D eigenvalue weighted by molar-refractivity contribution is -0.179. The van der Waals surface area contributed by atoms with E-state index in [1.165, 1.54) is 0 Å². The van der Waals surface area contributed by atoms with Crippen molar-refractivity contribution in [2.45, 2.75) is 12.8 Å². The predicted molar refractivity (Wildman–Crippen MR) is 104 cm³/mol. The molecule has 12 nitrogen and oxygen atoms in total. The summed E-state index contributed by atoms with van der Waals surface area (Å²) in [6.45, 7) is 0.124. The fourth-order valence-electron chi connectivity index (χ4n) is 2.76. The SMILES string of the molecule is Nc1ccc(OCCOCCOCCC(C(=O)O)(C(=O)O)C(CC(=O)O)C(=O)O)cc1. The maximum atomic E-state index is 11.6. The van der Waals surface area contributed by atoms with E-state index >= 15 is 0 Å². The zero-order chi connectivity index (χ0) is 23.4. The van der Waals surface area contributed by atoms with Crippen molar-refractivity contribution in [3.63, 3.8) is 0 Å². The van der Waals surface area contributed by atoms with Crippen molar-refractivity contribution in [3.05, 3.63) is 24.3 Å². The average Bonchev–Trinajstić information content (AvgIpc) is 2.68. The number of ether oxygens (including phenoxy) is 3. The second kappa shape index (κ2) is 12.3. The van der Waals surface area contributed by atoms with E-state index in [0.717, 1.165) is 0 Å². The van der Waals surface area contributed by atoms with Gasteiger partial charge in [-0.3, -0.25) is 19.2 Å². The first-order valence-corrected chi connectivity index (χ1v) is 9.16. The van der Waals surface area contributed by atoms with Crippen molar-refractivity contribution in [2.75, 3.05) is 38.8 Å². The molecule has 1 aromatic rings. The minimum absolute atomic E-state index is 0.0200. The summed E-state index contributed by atoms with van der Waals surface area (Å²) in [6, 6.07) is 6.77. The van der Waals surface area contributed by atoms with Gasteiger partial charge in [-0.25, -0.2) is 0 Å². The van der Waals surface area contributed by atoms with E-state index in [0.29, 0.717) is 11.4 Å². The number of carbonyl (C=O) groups is 4. The van der Waals surface area contributed by atoms with Gasteiger partial charge < -0.3 is 40.4 Å². The van der Waals surface area contributed by atoms with Crippen LogP contribution in [0.2, 0.25) is 0 Å². The topological polar surface area (TPSA) is 203 Å². The highest BCUT2D eigenvalue weighted by Gasteiger charge is 2.56. The second-order valence-electron chi connectivity index (χ2n) is 6.46. The van der Waals surface area contributed by atoms with E-state index in [1.54, 1.807) is 24.3 Å². The van der Waals surface area contributed by atoms with Crippen LogP contribution in [0.5, 0.6) is 5.75 Å². The van der Waals surface area contributed by atoms with E-state index < -0.39 is 54.7 Å². The largest absolute Gasteiger partial charge is 0.491 e. The lowest BCUT2D eigenvalue weighted by atomic mass is 9.71. The van der Waals surface area contributed by atoms with Gasteiger partial charge >= 0.3 is 23.9 Å². The number of hydrogen-bond donors (Lipinski definition) is 5. The Morgan fingerprint density at radius 3 is 1.84 bits per heavy atom. The third-order valence-corrected chi connectivity index (χ3v) is 4.42. The van der Waals surface area contributed by atoms with Crippen molar-refractivity contribution in [1.29, 1.82) is 0 Å². The highest BCUT2D eigenvalue weighted by molar-refractivity contribution is 6.03. The van der Waals surface area contributed by atoms with E-state index in [4.69, 9.17) is 25.1 Å². The zero-order valence-corrected chi connectivity index (χ0v) is 16.6. The fourth-order valence-corrected chi connectivity index (χ4v) is 2.76. The molecule has 12 heteroatoms. The van der Waals surface area contributed by atoms with Crippen LogP contribution in [0, 0.1) is 11.3 Å². The highest BCUT2D eigenvalue weighted by Crippen LogP contribution is 2.36. The molecule has 6 N–H and O–H groups in total. The van der Waals surface area contributed by atoms with Gasteiger partial charge in [-0.15, -0.1) is 0 Å². The summed E-state index contributed by atoms with van der Waals surface area (Å²) in [5.74, 6) is -8.93. The molecule has 0 aliphatic rings. The van der Waals surface area contributed by atoms with Crippen LogP contribution in [0.1, 0.15) is 12.8 Å². The summed E-state index contributed by atoms with van der Waals surface area (Å²) in [5.41, 5.74) is 3.31. The summed E-state index contributed by atoms with van der Waals surface area (Å²) in [5, 5.41) is 36.8. The summed E-state index contributed by atoms with van der Waals surface area (Å²) >= 11 is 0. The monoisotopic (exact) mass is 443 g/mol. The normalized spacial score (nSPS) is 12.1. The van der Waals surface area contributed by atoms with Gasteiger partial charge in [0.2, 0.25) is 0 Å². The molecule has 1 aromatic carbocycles. The molecule has 0 amide bonds. The molecule has 0 saturated heterocycles. The maximum Gasteiger partial charge on any atom is 0.322 e. The van der Waals surface area contributed by atoms with Crippen LogP contribution in [-0.4, -0.2) is 77.3 Å². The molecule has 1 atom stereocenters. The Labute approximate surface area is 177 Å². The minimum Gasteiger partial charge on any atom is -0.491 e. The summed E-state index contributed by atoms with van der Waals surface area (Å²) in [4.78, 5) is 45.5. The molecule has 0 aromatic heterocycles. The van der Waals surface area contributed by atoms with Crippen molar-refractivity contribution in [3.8, 4) is 5.75 Å². The second-order valence-corrected chi connectivity index (χ2v) is 6.46. The maximum absolute atomic E-state index is 11.6. The molecule has 0 radical (unpaired) electrons. The number of nitrogen functional groups attached to an aromatic ring is 1. The van der Waals surface area contributed by atoms with Gasteiger partial charge in [0, 0.05) is 12.3 Å². The summed E-state index contributed by atoms with van der Waals surface area (Å²) < 4.78 is 15.8. The van der Waals surface area contributed by atoms with Gasteiger partial charge in [0.05, 0.1) is 32.2 Å². The van der Waals surface area contributed by atoms with Crippen LogP contribution in [0.25, 0.3) is 0 Å². The first-order valence-electron chi connectivity index (χ1n) is 9.16. The molecule has 0 saturated carbocycles. The number of hydrogen-bond acceptors (Lipinski definition) is 8. The van der Waals surface area contributed by atoms with Crippen LogP contribution in [0.4, 0.5) is 5.69 Å². The molecule has 0 aliphatic carbocycles. The smallest absolute Gasteiger partial charge is 0.322 e. The van der Waals surface area contributed by atoms with Gasteiger partial charge in [0.15, 0.2) is 5.41 Å². The van der Waals surface area contributed by atoms with E-state index in [9.17, 15) is 34.5 Å². The molecule has 0 bridgehead atoms. The first-order chi connectivity index (χ1) is 14.6. The number of benzene rings is 1. The molecule has 0 aliphatic heterocycles. The number of carboxylic acid groups (broad SMARTS) is 4. The standard InChI is InChI=1S/C19H25NO11/c20-12-1-3-13(4-2-12)31-10-9-30-8-7-29-6-5-19(17(25)26,18(27)28)14(16(23)24)11-15(21)22/h1-4,14H,5-11,20H2,(H,21,22)(H,23,24)(H,25,26)(H,27,28). The number of rotatable bonds is 16. The Balaban J connectivity index is 2.45. The van der Waals surface area contributed by atoms with Crippen molar-refractivity contribution >= 4 is 29.6 Å². The lowest BCUT2D eigenvalue weighted by Gasteiger charge is -2.29. The van der Waals surface area contributed by atoms with Crippen LogP contribution >= 0.6 is 0 Å². The van der Waals surface area contributed by atoms with Crippen molar-refractivity contribution in [1.82, 2.24) is 0 Å². The van der Waals surface area contributed by atoms with Crippen molar-refractivity contribution in [2.24, 2.45) is 11.3 Å². The average molecular weight is 443 g/mol. The number of nitrogens with two attached hydrogens (primary N) is 1. The summed E-state index contributed by atoms with van der Waals surface area (Å²) in [7, 11) is 0. The quantitative estimate of drug-likeness (QED) is 0.134. The molecule has 0 heterocycles. The third-order valence-electron chi connectivity index (χ3n) is 4.42. The lowest BCUT2D eigenvalue weighted by Crippen LogP contribution is -2.50. The molecule has 172 valence electrons. The first kappa shape index (κ1) is 25.7. The molecular formula is C19H25NO11. The van der Waals surface area contributed by atoms with Crippen LogP contribution < -0.4 is 10.5 Å². The number of anilines is 1. The molecule has 1 unspecified atom stereocenters. The Kier molecular flexibility index (Phi) is 10.2. The molecule has 1 rings (SSSR count). The van der Waals surface area contributed by atoms with Crippen LogP contribution in [-0.2, 0) is 28.7 Å².